The molecule has 0 saturated heterocycles. The minimum Gasteiger partial charge on any atom is -0.366 e. The van der Waals surface area contributed by atoms with Crippen LogP contribution in [0, 0.1) is 18.3 Å². The maximum absolute atomic E-state index is 9.48. The molecule has 0 aliphatic heterocycles. The van der Waals surface area contributed by atoms with E-state index in [4.69, 9.17) is 0 Å². The number of nitrogens with zero attached hydrogens (tertiary/aromatic N) is 3. The Hall–Kier alpha value is -2.58. The largest absolute Gasteiger partial charge is 0.366 e. The molecule has 1 atom stereocenters. The Morgan fingerprint density at radius 3 is 2.61 bits per heavy atom. The number of aryl methyl sites for hydroxylation is 1. The maximum Gasteiger partial charge on any atom is 0.140 e. The molecule has 5 heteroatoms. The number of hydrogen-bond donors (Lipinski definition) is 1. The van der Waals surface area contributed by atoms with Crippen molar-refractivity contribution in [3.05, 3.63) is 76.8 Å². The molecule has 4 nitrogen and oxygen atoms in total. The first kappa shape index (κ1) is 15.3. The number of nitrogens with one attached hydrogen (secondary N) is 1. The summed E-state index contributed by atoms with van der Waals surface area (Å²) in [6.45, 7) is 2.02. The van der Waals surface area contributed by atoms with E-state index in [2.05, 4.69) is 32.3 Å². The molecule has 0 amide bonds. The maximum atomic E-state index is 9.48. The standard InChI is InChI=1S/C18H15BrN4/c1-13-10-15(4-7-17(13)19)22-18(11-20)14-2-5-16(6-3-14)23-9-8-21-12-23/h2-10,12,18,22H,1H3/t18-/m0/s1. The highest BCUT2D eigenvalue weighted by atomic mass is 79.9. The third kappa shape index (κ3) is 3.43. The highest BCUT2D eigenvalue weighted by molar-refractivity contribution is 9.10. The second kappa shape index (κ2) is 6.67. The van der Waals surface area contributed by atoms with Crippen molar-refractivity contribution in [2.24, 2.45) is 0 Å². The third-order valence-corrected chi connectivity index (χ3v) is 4.52. The van der Waals surface area contributed by atoms with Gasteiger partial charge in [0.25, 0.3) is 0 Å². The lowest BCUT2D eigenvalue weighted by atomic mass is 10.1. The van der Waals surface area contributed by atoms with Crippen molar-refractivity contribution in [2.45, 2.75) is 13.0 Å². The topological polar surface area (TPSA) is 53.6 Å². The highest BCUT2D eigenvalue weighted by Crippen LogP contribution is 2.24. The van der Waals surface area contributed by atoms with Crippen LogP contribution in [0.25, 0.3) is 5.69 Å². The van der Waals surface area contributed by atoms with Gasteiger partial charge in [-0.1, -0.05) is 28.1 Å². The zero-order valence-corrected chi connectivity index (χ0v) is 14.2. The molecule has 0 saturated carbocycles. The SMILES string of the molecule is Cc1cc(N[C@@H](C#N)c2ccc(-n3ccnc3)cc2)ccc1Br. The lowest BCUT2D eigenvalue weighted by Gasteiger charge is -2.15. The van der Waals surface area contributed by atoms with Gasteiger partial charge in [0.1, 0.15) is 6.04 Å². The number of rotatable bonds is 4. The van der Waals surface area contributed by atoms with Crippen LogP contribution < -0.4 is 5.32 Å². The molecule has 3 aromatic rings. The number of benzene rings is 2. The van der Waals surface area contributed by atoms with Crippen molar-refractivity contribution in [1.82, 2.24) is 9.55 Å². The van der Waals surface area contributed by atoms with E-state index in [9.17, 15) is 5.26 Å². The first-order valence-electron chi connectivity index (χ1n) is 7.18. The second-order valence-electron chi connectivity index (χ2n) is 5.23. The molecule has 114 valence electrons. The average molecular weight is 367 g/mol. The van der Waals surface area contributed by atoms with Gasteiger partial charge in [-0.3, -0.25) is 0 Å². The van der Waals surface area contributed by atoms with Gasteiger partial charge in [-0.25, -0.2) is 4.98 Å². The minimum absolute atomic E-state index is 0.396. The van der Waals surface area contributed by atoms with Crippen molar-refractivity contribution in [1.29, 1.82) is 5.26 Å². The molecule has 0 radical (unpaired) electrons. The van der Waals surface area contributed by atoms with Crippen molar-refractivity contribution < 1.29 is 0 Å². The highest BCUT2D eigenvalue weighted by Gasteiger charge is 2.11. The van der Waals surface area contributed by atoms with Gasteiger partial charge in [0.2, 0.25) is 0 Å². The van der Waals surface area contributed by atoms with Crippen molar-refractivity contribution >= 4 is 21.6 Å². The molecule has 1 N–H and O–H groups in total. The van der Waals surface area contributed by atoms with Crippen LogP contribution in [0.4, 0.5) is 5.69 Å². The molecule has 23 heavy (non-hydrogen) atoms. The fourth-order valence-corrected chi connectivity index (χ4v) is 2.59. The summed E-state index contributed by atoms with van der Waals surface area (Å²) in [5, 5.41) is 12.7. The van der Waals surface area contributed by atoms with Gasteiger partial charge in [-0.05, 0) is 48.4 Å². The fraction of sp³-hybridized carbons (Fsp3) is 0.111. The molecule has 0 aliphatic carbocycles. The second-order valence-corrected chi connectivity index (χ2v) is 6.09. The van der Waals surface area contributed by atoms with E-state index in [1.807, 2.05) is 60.2 Å². The number of halogens is 1. The van der Waals surface area contributed by atoms with Crippen molar-refractivity contribution in [3.8, 4) is 11.8 Å². The van der Waals surface area contributed by atoms with E-state index in [-0.39, 0.29) is 0 Å². The summed E-state index contributed by atoms with van der Waals surface area (Å²) < 4.78 is 2.98. The molecular formula is C18H15BrN4. The van der Waals surface area contributed by atoms with Gasteiger partial charge < -0.3 is 9.88 Å². The van der Waals surface area contributed by atoms with E-state index in [0.717, 1.165) is 27.0 Å². The van der Waals surface area contributed by atoms with E-state index in [1.165, 1.54) is 0 Å². The van der Waals surface area contributed by atoms with Crippen LogP contribution in [0.15, 0.2) is 65.7 Å². The molecule has 2 aromatic carbocycles. The van der Waals surface area contributed by atoms with Crippen molar-refractivity contribution in [3.63, 3.8) is 0 Å². The van der Waals surface area contributed by atoms with Gasteiger partial charge in [-0.2, -0.15) is 5.26 Å². The molecule has 0 unspecified atom stereocenters. The summed E-state index contributed by atoms with van der Waals surface area (Å²) in [6.07, 6.45) is 5.38. The summed E-state index contributed by atoms with van der Waals surface area (Å²) in [5.74, 6) is 0. The Kier molecular flexibility index (Phi) is 4.45. The van der Waals surface area contributed by atoms with Crippen LogP contribution in [0.2, 0.25) is 0 Å². The van der Waals surface area contributed by atoms with Gasteiger partial charge in [0, 0.05) is 28.2 Å². The lowest BCUT2D eigenvalue weighted by Crippen LogP contribution is -2.08. The predicted octanol–water partition coefficient (Wildman–Crippen LogP) is 4.62. The van der Waals surface area contributed by atoms with Crippen LogP contribution in [0.1, 0.15) is 17.2 Å². The molecule has 0 bridgehead atoms. The van der Waals surface area contributed by atoms with E-state index >= 15 is 0 Å². The van der Waals surface area contributed by atoms with Gasteiger partial charge in [0.15, 0.2) is 0 Å². The smallest absolute Gasteiger partial charge is 0.140 e. The van der Waals surface area contributed by atoms with E-state index in [0.29, 0.717) is 0 Å². The first-order valence-corrected chi connectivity index (χ1v) is 7.97. The molecule has 1 heterocycles. The van der Waals surface area contributed by atoms with Gasteiger partial charge >= 0.3 is 0 Å². The van der Waals surface area contributed by atoms with Crippen LogP contribution in [0.5, 0.6) is 0 Å². The summed E-state index contributed by atoms with van der Waals surface area (Å²) in [5.41, 5.74) is 4.00. The Morgan fingerprint density at radius 2 is 2.00 bits per heavy atom. The Bertz CT molecular complexity index is 832. The van der Waals surface area contributed by atoms with Gasteiger partial charge in [0.05, 0.1) is 12.4 Å². The van der Waals surface area contributed by atoms with E-state index < -0.39 is 6.04 Å². The van der Waals surface area contributed by atoms with Crippen molar-refractivity contribution in [2.75, 3.05) is 5.32 Å². The Morgan fingerprint density at radius 1 is 1.22 bits per heavy atom. The number of aromatic nitrogens is 2. The number of nitriles is 1. The molecule has 0 aliphatic rings. The van der Waals surface area contributed by atoms with Gasteiger partial charge in [-0.15, -0.1) is 0 Å². The average Bonchev–Trinajstić information content (AvgIpc) is 3.10. The third-order valence-electron chi connectivity index (χ3n) is 3.63. The van der Waals surface area contributed by atoms with E-state index in [1.54, 1.807) is 12.5 Å². The number of imidazole rings is 1. The molecular weight excluding hydrogens is 352 g/mol. The molecule has 3 rings (SSSR count). The summed E-state index contributed by atoms with van der Waals surface area (Å²) >= 11 is 3.48. The van der Waals surface area contributed by atoms with Crippen LogP contribution in [0.3, 0.4) is 0 Å². The summed E-state index contributed by atoms with van der Waals surface area (Å²) in [4.78, 5) is 4.04. The zero-order valence-electron chi connectivity index (χ0n) is 12.6. The molecule has 0 spiro atoms. The Labute approximate surface area is 143 Å². The lowest BCUT2D eigenvalue weighted by molar-refractivity contribution is 0.987. The summed E-state index contributed by atoms with van der Waals surface area (Å²) in [7, 11) is 0. The van der Waals surface area contributed by atoms with Crippen LogP contribution in [-0.2, 0) is 0 Å². The first-order chi connectivity index (χ1) is 11.2. The zero-order chi connectivity index (χ0) is 16.2. The number of anilines is 1. The van der Waals surface area contributed by atoms with Crippen LogP contribution in [-0.4, -0.2) is 9.55 Å². The fourth-order valence-electron chi connectivity index (χ4n) is 2.34. The Balaban J connectivity index is 1.80. The normalized spacial score (nSPS) is 11.7. The number of hydrogen-bond acceptors (Lipinski definition) is 3. The molecule has 1 aromatic heterocycles. The summed E-state index contributed by atoms with van der Waals surface area (Å²) in [6, 6.07) is 15.8. The predicted molar refractivity (Wildman–Crippen MR) is 94.4 cm³/mol. The quantitative estimate of drug-likeness (QED) is 0.732. The monoisotopic (exact) mass is 366 g/mol. The molecule has 0 fully saturated rings. The van der Waals surface area contributed by atoms with Crippen LogP contribution >= 0.6 is 15.9 Å². The minimum atomic E-state index is -0.396.